The predicted octanol–water partition coefficient (Wildman–Crippen LogP) is -0.123. The van der Waals surface area contributed by atoms with Gasteiger partial charge in [0.25, 0.3) is 0 Å². The molecule has 3 nitrogen and oxygen atoms in total. The zero-order valence-corrected chi connectivity index (χ0v) is 8.05. The highest BCUT2D eigenvalue weighted by molar-refractivity contribution is 4.69. The minimum Gasteiger partial charge on any atom is -0.330 e. The Morgan fingerprint density at radius 1 is 1.42 bits per heavy atom. The maximum Gasteiger partial charge on any atom is 0.0107 e. The molecule has 12 heavy (non-hydrogen) atoms. The van der Waals surface area contributed by atoms with Crippen molar-refractivity contribution >= 4 is 0 Å². The summed E-state index contributed by atoms with van der Waals surface area (Å²) in [7, 11) is 0. The van der Waals surface area contributed by atoms with E-state index in [1.54, 1.807) is 0 Å². The van der Waals surface area contributed by atoms with Crippen LogP contribution in [0.25, 0.3) is 0 Å². The van der Waals surface area contributed by atoms with Gasteiger partial charge >= 0.3 is 0 Å². The number of nitrogens with zero attached hydrogens (tertiary/aromatic N) is 1. The summed E-state index contributed by atoms with van der Waals surface area (Å²) in [6, 6.07) is 0. The van der Waals surface area contributed by atoms with Crippen molar-refractivity contribution < 1.29 is 0 Å². The number of hydrogen-bond acceptors (Lipinski definition) is 3. The van der Waals surface area contributed by atoms with Crippen LogP contribution in [0.5, 0.6) is 0 Å². The quantitative estimate of drug-likeness (QED) is 0.619. The second-order valence-electron chi connectivity index (χ2n) is 3.73. The van der Waals surface area contributed by atoms with Crippen molar-refractivity contribution in [2.24, 2.45) is 11.7 Å². The summed E-state index contributed by atoms with van der Waals surface area (Å²) in [5.74, 6) is 0.757. The second kappa shape index (κ2) is 5.51. The summed E-state index contributed by atoms with van der Waals surface area (Å²) in [5.41, 5.74) is 5.50. The summed E-state index contributed by atoms with van der Waals surface area (Å²) in [6.45, 7) is 9.04. The van der Waals surface area contributed by atoms with Gasteiger partial charge in [-0.1, -0.05) is 6.92 Å². The molecule has 1 rings (SSSR count). The van der Waals surface area contributed by atoms with Gasteiger partial charge in [-0.25, -0.2) is 0 Å². The summed E-state index contributed by atoms with van der Waals surface area (Å²) in [5, 5.41) is 3.35. The molecule has 0 aromatic heterocycles. The molecule has 0 amide bonds. The van der Waals surface area contributed by atoms with Crippen molar-refractivity contribution in [3.05, 3.63) is 0 Å². The zero-order valence-electron chi connectivity index (χ0n) is 8.05. The fraction of sp³-hybridized carbons (Fsp3) is 1.00. The van der Waals surface area contributed by atoms with Gasteiger partial charge in [0.15, 0.2) is 0 Å². The smallest absolute Gasteiger partial charge is 0.0107 e. The van der Waals surface area contributed by atoms with E-state index in [0.29, 0.717) is 0 Å². The Morgan fingerprint density at radius 2 is 2.08 bits per heavy atom. The second-order valence-corrected chi connectivity index (χ2v) is 3.73. The van der Waals surface area contributed by atoms with E-state index in [4.69, 9.17) is 5.73 Å². The van der Waals surface area contributed by atoms with Crippen molar-refractivity contribution in [1.82, 2.24) is 10.2 Å². The first kappa shape index (κ1) is 9.96. The van der Waals surface area contributed by atoms with Gasteiger partial charge in [0.1, 0.15) is 0 Å². The molecule has 1 fully saturated rings. The van der Waals surface area contributed by atoms with Gasteiger partial charge in [-0.05, 0) is 18.9 Å². The maximum atomic E-state index is 5.50. The predicted molar refractivity (Wildman–Crippen MR) is 52.1 cm³/mol. The van der Waals surface area contributed by atoms with Crippen LogP contribution < -0.4 is 11.1 Å². The molecule has 1 saturated heterocycles. The summed E-state index contributed by atoms with van der Waals surface area (Å²) >= 11 is 0. The molecule has 0 saturated carbocycles. The number of rotatable bonds is 4. The third-order valence-corrected chi connectivity index (χ3v) is 2.44. The normalized spacial score (nSPS) is 22.5. The third-order valence-electron chi connectivity index (χ3n) is 2.44. The Morgan fingerprint density at radius 3 is 2.67 bits per heavy atom. The average molecular weight is 171 g/mol. The van der Waals surface area contributed by atoms with Crippen molar-refractivity contribution in [3.63, 3.8) is 0 Å². The van der Waals surface area contributed by atoms with E-state index >= 15 is 0 Å². The molecule has 1 atom stereocenters. The number of nitrogens with two attached hydrogens (primary N) is 1. The fourth-order valence-corrected chi connectivity index (χ4v) is 1.71. The van der Waals surface area contributed by atoms with Gasteiger partial charge in [-0.15, -0.1) is 0 Å². The lowest BCUT2D eigenvalue weighted by Crippen LogP contribution is -2.45. The van der Waals surface area contributed by atoms with Gasteiger partial charge < -0.3 is 16.0 Å². The minimum atomic E-state index is 0.757. The molecule has 3 heteroatoms. The Balaban J connectivity index is 2.11. The topological polar surface area (TPSA) is 41.3 Å². The lowest BCUT2D eigenvalue weighted by molar-refractivity contribution is 0.208. The van der Waals surface area contributed by atoms with E-state index in [2.05, 4.69) is 17.1 Å². The minimum absolute atomic E-state index is 0.757. The molecule has 0 aliphatic carbocycles. The molecule has 1 heterocycles. The molecule has 1 unspecified atom stereocenters. The van der Waals surface area contributed by atoms with Crippen LogP contribution in [-0.4, -0.2) is 44.2 Å². The Kier molecular flexibility index (Phi) is 4.58. The van der Waals surface area contributed by atoms with Crippen molar-refractivity contribution in [1.29, 1.82) is 0 Å². The van der Waals surface area contributed by atoms with E-state index in [9.17, 15) is 0 Å². The number of hydrogen-bond donors (Lipinski definition) is 2. The van der Waals surface area contributed by atoms with Gasteiger partial charge in [0.2, 0.25) is 0 Å². The average Bonchev–Trinajstić information content (AvgIpc) is 2.06. The SMILES string of the molecule is CC(CCN)CN1CCNCC1. The van der Waals surface area contributed by atoms with E-state index in [-0.39, 0.29) is 0 Å². The van der Waals surface area contributed by atoms with Crippen molar-refractivity contribution in [2.45, 2.75) is 13.3 Å². The van der Waals surface area contributed by atoms with Crippen molar-refractivity contribution in [3.8, 4) is 0 Å². The van der Waals surface area contributed by atoms with Gasteiger partial charge in [0, 0.05) is 32.7 Å². The summed E-state index contributed by atoms with van der Waals surface area (Å²) in [4.78, 5) is 2.52. The van der Waals surface area contributed by atoms with Crippen LogP contribution in [0.1, 0.15) is 13.3 Å². The lowest BCUT2D eigenvalue weighted by atomic mass is 10.1. The molecule has 0 spiro atoms. The molecule has 0 aromatic carbocycles. The van der Waals surface area contributed by atoms with E-state index in [0.717, 1.165) is 32.0 Å². The molecule has 72 valence electrons. The zero-order chi connectivity index (χ0) is 8.81. The van der Waals surface area contributed by atoms with E-state index in [1.807, 2.05) is 0 Å². The van der Waals surface area contributed by atoms with Crippen LogP contribution in [0, 0.1) is 5.92 Å². The van der Waals surface area contributed by atoms with Gasteiger partial charge in [-0.3, -0.25) is 0 Å². The Labute approximate surface area is 75.3 Å². The van der Waals surface area contributed by atoms with Crippen LogP contribution in [0.4, 0.5) is 0 Å². The maximum absolute atomic E-state index is 5.50. The van der Waals surface area contributed by atoms with Gasteiger partial charge in [0.05, 0.1) is 0 Å². The summed E-state index contributed by atoms with van der Waals surface area (Å²) in [6.07, 6.45) is 1.16. The largest absolute Gasteiger partial charge is 0.330 e. The third kappa shape index (κ3) is 3.52. The van der Waals surface area contributed by atoms with E-state index in [1.165, 1.54) is 19.6 Å². The highest BCUT2D eigenvalue weighted by Gasteiger charge is 2.11. The number of piperazine rings is 1. The molecule has 0 aromatic rings. The highest BCUT2D eigenvalue weighted by atomic mass is 15.2. The first-order valence-corrected chi connectivity index (χ1v) is 4.96. The van der Waals surface area contributed by atoms with Crippen LogP contribution in [0.3, 0.4) is 0 Å². The molecule has 1 aliphatic rings. The molecule has 1 aliphatic heterocycles. The van der Waals surface area contributed by atoms with Crippen LogP contribution in [0.15, 0.2) is 0 Å². The van der Waals surface area contributed by atoms with E-state index < -0.39 is 0 Å². The standard InChI is InChI=1S/C9H21N3/c1-9(2-3-10)8-12-6-4-11-5-7-12/h9,11H,2-8,10H2,1H3. The molecular weight excluding hydrogens is 150 g/mol. The van der Waals surface area contributed by atoms with Crippen LogP contribution in [-0.2, 0) is 0 Å². The fourth-order valence-electron chi connectivity index (χ4n) is 1.71. The van der Waals surface area contributed by atoms with Gasteiger partial charge in [-0.2, -0.15) is 0 Å². The molecule has 0 bridgehead atoms. The molecule has 0 radical (unpaired) electrons. The first-order valence-electron chi connectivity index (χ1n) is 4.96. The highest BCUT2D eigenvalue weighted by Crippen LogP contribution is 2.04. The Bertz CT molecular complexity index is 110. The molecule has 3 N–H and O–H groups in total. The Hall–Kier alpha value is -0.120. The summed E-state index contributed by atoms with van der Waals surface area (Å²) < 4.78 is 0. The first-order chi connectivity index (χ1) is 5.83. The van der Waals surface area contributed by atoms with Crippen LogP contribution in [0.2, 0.25) is 0 Å². The lowest BCUT2D eigenvalue weighted by Gasteiger charge is -2.29. The number of nitrogens with one attached hydrogen (secondary N) is 1. The van der Waals surface area contributed by atoms with Crippen LogP contribution >= 0.6 is 0 Å². The monoisotopic (exact) mass is 171 g/mol. The van der Waals surface area contributed by atoms with Crippen molar-refractivity contribution in [2.75, 3.05) is 39.3 Å². The molecular formula is C9H21N3.